The Kier molecular flexibility index (Phi) is 2.80. The Hall–Kier alpha value is -1.85. The van der Waals surface area contributed by atoms with Crippen molar-refractivity contribution in [3.05, 3.63) is 39.7 Å². The second kappa shape index (κ2) is 4.36. The fourth-order valence-corrected chi connectivity index (χ4v) is 2.61. The van der Waals surface area contributed by atoms with Crippen LogP contribution in [0.15, 0.2) is 23.0 Å². The molecule has 5 heteroatoms. The normalized spacial score (nSPS) is 19.2. The Balaban J connectivity index is 2.15. The van der Waals surface area contributed by atoms with Crippen molar-refractivity contribution in [3.8, 4) is 5.75 Å². The summed E-state index contributed by atoms with van der Waals surface area (Å²) in [6.45, 7) is 2.12. The maximum atomic E-state index is 11.4. The van der Waals surface area contributed by atoms with E-state index in [9.17, 15) is 9.90 Å². The first kappa shape index (κ1) is 12.2. The van der Waals surface area contributed by atoms with Gasteiger partial charge >= 0.3 is 0 Å². The zero-order valence-electron chi connectivity index (χ0n) is 10.6. The second-order valence-electron chi connectivity index (χ2n) is 4.96. The summed E-state index contributed by atoms with van der Waals surface area (Å²) in [6, 6.07) is 5.24. The third-order valence-electron chi connectivity index (χ3n) is 3.60. The topological polar surface area (TPSA) is 88.3 Å². The van der Waals surface area contributed by atoms with Gasteiger partial charge in [0.25, 0.3) is 0 Å². The molecular formula is C14H16N2O3. The molecule has 0 bridgehead atoms. The molecule has 2 unspecified atom stereocenters. The van der Waals surface area contributed by atoms with Gasteiger partial charge in [0.15, 0.2) is 0 Å². The van der Waals surface area contributed by atoms with Gasteiger partial charge in [0.1, 0.15) is 18.0 Å². The van der Waals surface area contributed by atoms with E-state index in [1.807, 2.05) is 13.0 Å². The van der Waals surface area contributed by atoms with E-state index in [1.54, 1.807) is 6.07 Å². The highest BCUT2D eigenvalue weighted by atomic mass is 16.5. The number of aromatic amines is 1. The number of ether oxygens (including phenoxy) is 1. The van der Waals surface area contributed by atoms with Gasteiger partial charge in [-0.25, -0.2) is 0 Å². The molecule has 0 radical (unpaired) electrons. The third kappa shape index (κ3) is 1.91. The van der Waals surface area contributed by atoms with Crippen molar-refractivity contribution in [3.63, 3.8) is 0 Å². The van der Waals surface area contributed by atoms with Crippen molar-refractivity contribution >= 4 is 10.9 Å². The van der Waals surface area contributed by atoms with E-state index in [0.717, 1.165) is 27.8 Å². The molecule has 0 amide bonds. The fourth-order valence-electron chi connectivity index (χ4n) is 2.61. The maximum absolute atomic E-state index is 11.4. The van der Waals surface area contributed by atoms with Crippen LogP contribution < -0.4 is 16.0 Å². The molecule has 100 valence electrons. The van der Waals surface area contributed by atoms with Crippen LogP contribution in [-0.4, -0.2) is 28.8 Å². The van der Waals surface area contributed by atoms with E-state index in [2.05, 4.69) is 4.98 Å². The zero-order valence-corrected chi connectivity index (χ0v) is 10.6. The SMILES string of the molecule is Cc1cc2c(c3ccc(=O)[nH]c13)OC(C(O)CN)C2. The maximum Gasteiger partial charge on any atom is 0.248 e. The number of rotatable bonds is 2. The van der Waals surface area contributed by atoms with Crippen LogP contribution in [0.5, 0.6) is 5.75 Å². The van der Waals surface area contributed by atoms with E-state index < -0.39 is 6.10 Å². The number of hydrogen-bond donors (Lipinski definition) is 3. The molecule has 1 aliphatic heterocycles. The smallest absolute Gasteiger partial charge is 0.248 e. The van der Waals surface area contributed by atoms with E-state index in [4.69, 9.17) is 10.5 Å². The van der Waals surface area contributed by atoms with Gasteiger partial charge in [-0.3, -0.25) is 4.79 Å². The Morgan fingerprint density at radius 1 is 1.58 bits per heavy atom. The van der Waals surface area contributed by atoms with Crippen LogP contribution in [0.3, 0.4) is 0 Å². The molecular weight excluding hydrogens is 244 g/mol. The summed E-state index contributed by atoms with van der Waals surface area (Å²) in [6.07, 6.45) is -0.341. The standard InChI is InChI=1S/C14H16N2O3/c1-7-4-8-5-11(10(17)6-15)19-14(8)9-2-3-12(18)16-13(7)9/h2-4,10-11,17H,5-6,15H2,1H3,(H,16,18). The lowest BCUT2D eigenvalue weighted by Gasteiger charge is -2.16. The van der Waals surface area contributed by atoms with Gasteiger partial charge in [-0.05, 0) is 24.1 Å². The molecule has 4 N–H and O–H groups in total. The molecule has 0 saturated carbocycles. The van der Waals surface area contributed by atoms with Crippen molar-refractivity contribution in [1.29, 1.82) is 0 Å². The highest BCUT2D eigenvalue weighted by molar-refractivity contribution is 5.89. The van der Waals surface area contributed by atoms with Gasteiger partial charge < -0.3 is 20.6 Å². The molecule has 2 atom stereocenters. The minimum absolute atomic E-state index is 0.132. The predicted molar refractivity (Wildman–Crippen MR) is 72.5 cm³/mol. The van der Waals surface area contributed by atoms with E-state index in [0.29, 0.717) is 6.42 Å². The number of benzene rings is 1. The van der Waals surface area contributed by atoms with Crippen LogP contribution >= 0.6 is 0 Å². The fraction of sp³-hybridized carbons (Fsp3) is 0.357. The molecule has 1 aromatic carbocycles. The van der Waals surface area contributed by atoms with E-state index in [1.165, 1.54) is 6.07 Å². The number of aliphatic hydroxyl groups excluding tert-OH is 1. The number of nitrogens with two attached hydrogens (primary N) is 1. The van der Waals surface area contributed by atoms with Crippen LogP contribution in [0.2, 0.25) is 0 Å². The monoisotopic (exact) mass is 260 g/mol. The molecule has 0 aliphatic carbocycles. The molecule has 19 heavy (non-hydrogen) atoms. The number of nitrogens with one attached hydrogen (secondary N) is 1. The number of aliphatic hydroxyl groups is 1. The van der Waals surface area contributed by atoms with Gasteiger partial charge in [-0.1, -0.05) is 6.07 Å². The Morgan fingerprint density at radius 2 is 2.37 bits per heavy atom. The van der Waals surface area contributed by atoms with Crippen LogP contribution in [0.4, 0.5) is 0 Å². The van der Waals surface area contributed by atoms with Crippen LogP contribution in [0, 0.1) is 6.92 Å². The minimum atomic E-state index is -0.675. The first-order chi connectivity index (χ1) is 9.10. The van der Waals surface area contributed by atoms with E-state index in [-0.39, 0.29) is 18.2 Å². The van der Waals surface area contributed by atoms with Crippen molar-refractivity contribution in [2.24, 2.45) is 5.73 Å². The zero-order chi connectivity index (χ0) is 13.6. The molecule has 1 aliphatic rings. The first-order valence-electron chi connectivity index (χ1n) is 6.30. The molecule has 2 aromatic rings. The van der Waals surface area contributed by atoms with Crippen LogP contribution in [0.25, 0.3) is 10.9 Å². The first-order valence-corrected chi connectivity index (χ1v) is 6.30. The number of H-pyrrole nitrogens is 1. The molecule has 5 nitrogen and oxygen atoms in total. The lowest BCUT2D eigenvalue weighted by atomic mass is 10.0. The minimum Gasteiger partial charge on any atom is -0.486 e. The average Bonchev–Trinajstić information content (AvgIpc) is 2.82. The molecule has 0 fully saturated rings. The van der Waals surface area contributed by atoms with Crippen molar-refractivity contribution in [2.45, 2.75) is 25.6 Å². The summed E-state index contributed by atoms with van der Waals surface area (Å²) in [7, 11) is 0. The lowest BCUT2D eigenvalue weighted by Crippen LogP contribution is -2.36. The summed E-state index contributed by atoms with van der Waals surface area (Å²) in [5, 5.41) is 10.7. The Bertz CT molecular complexity index is 693. The quantitative estimate of drug-likeness (QED) is 0.732. The number of aryl methyl sites for hydroxylation is 1. The van der Waals surface area contributed by atoms with Crippen LogP contribution in [0.1, 0.15) is 11.1 Å². The van der Waals surface area contributed by atoms with Crippen LogP contribution in [-0.2, 0) is 6.42 Å². The van der Waals surface area contributed by atoms with Gasteiger partial charge in [-0.2, -0.15) is 0 Å². The number of hydrogen-bond acceptors (Lipinski definition) is 4. The van der Waals surface area contributed by atoms with Crippen molar-refractivity contribution in [1.82, 2.24) is 4.98 Å². The number of aromatic nitrogens is 1. The summed E-state index contributed by atoms with van der Waals surface area (Å²) in [5.41, 5.74) is 8.17. The molecule has 1 aromatic heterocycles. The van der Waals surface area contributed by atoms with Gasteiger partial charge in [-0.15, -0.1) is 0 Å². The van der Waals surface area contributed by atoms with Crippen molar-refractivity contribution in [2.75, 3.05) is 6.54 Å². The average molecular weight is 260 g/mol. The Morgan fingerprint density at radius 3 is 3.11 bits per heavy atom. The summed E-state index contributed by atoms with van der Waals surface area (Å²) in [5.74, 6) is 0.745. The van der Waals surface area contributed by atoms with E-state index >= 15 is 0 Å². The third-order valence-corrected chi connectivity index (χ3v) is 3.60. The number of pyridine rings is 1. The number of fused-ring (bicyclic) bond motifs is 3. The highest BCUT2D eigenvalue weighted by Gasteiger charge is 2.30. The van der Waals surface area contributed by atoms with Gasteiger partial charge in [0.2, 0.25) is 5.56 Å². The molecule has 3 rings (SSSR count). The summed E-state index contributed by atoms with van der Waals surface area (Å²) < 4.78 is 5.82. The highest BCUT2D eigenvalue weighted by Crippen LogP contribution is 2.37. The Labute approximate surface area is 110 Å². The van der Waals surface area contributed by atoms with Gasteiger partial charge in [0, 0.05) is 24.4 Å². The lowest BCUT2D eigenvalue weighted by molar-refractivity contribution is 0.0568. The summed E-state index contributed by atoms with van der Waals surface area (Å²) >= 11 is 0. The predicted octanol–water partition coefficient (Wildman–Crippen LogP) is 0.460. The molecule has 2 heterocycles. The van der Waals surface area contributed by atoms with Crippen molar-refractivity contribution < 1.29 is 9.84 Å². The molecule has 0 spiro atoms. The second-order valence-corrected chi connectivity index (χ2v) is 4.96. The largest absolute Gasteiger partial charge is 0.486 e. The summed E-state index contributed by atoms with van der Waals surface area (Å²) in [4.78, 5) is 14.2. The molecule has 0 saturated heterocycles. The van der Waals surface area contributed by atoms with Gasteiger partial charge in [0.05, 0.1) is 5.52 Å².